The fraction of sp³-hybridized carbons (Fsp3) is 0.393. The van der Waals surface area contributed by atoms with Crippen LogP contribution in [-0.4, -0.2) is 18.2 Å². The average Bonchev–Trinajstić information content (AvgIpc) is 2.69. The van der Waals surface area contributed by atoms with Crippen molar-refractivity contribution in [1.29, 1.82) is 0 Å². The molecule has 0 N–H and O–H groups in total. The Morgan fingerprint density at radius 3 is 2.19 bits per heavy atom. The molecule has 0 saturated heterocycles. The highest BCUT2D eigenvalue weighted by molar-refractivity contribution is 6.30. The Balaban J connectivity index is 2.21. The number of aryl methyl sites for hydroxylation is 1. The van der Waals surface area contributed by atoms with Crippen LogP contribution in [0.25, 0.3) is 21.9 Å². The Morgan fingerprint density at radius 1 is 0.969 bits per heavy atom. The van der Waals surface area contributed by atoms with Crippen LogP contribution in [0.3, 0.4) is 0 Å². The number of carbonyl (C=O) groups is 1. The van der Waals surface area contributed by atoms with Gasteiger partial charge in [-0.05, 0) is 93.6 Å². The van der Waals surface area contributed by atoms with Crippen molar-refractivity contribution in [3.63, 3.8) is 0 Å². The van der Waals surface area contributed by atoms with Gasteiger partial charge >= 0.3 is 5.97 Å². The Kier molecular flexibility index (Phi) is 7.02. The minimum atomic E-state index is -0.580. The largest absolute Gasteiger partial charge is 0.462 e. The minimum absolute atomic E-state index is 0.146. The summed E-state index contributed by atoms with van der Waals surface area (Å²) >= 11 is 6.18. The highest BCUT2D eigenvalue weighted by atomic mass is 35.5. The summed E-state index contributed by atoms with van der Waals surface area (Å²) in [7, 11) is 0. The van der Waals surface area contributed by atoms with Crippen LogP contribution in [0.1, 0.15) is 58.8 Å². The normalized spacial score (nSPS) is 13.2. The number of benzene rings is 3. The number of hydrogen-bond acceptors (Lipinski definition) is 3. The van der Waals surface area contributed by atoms with E-state index in [1.807, 2.05) is 77.9 Å². The number of fused-ring (bicyclic) bond motifs is 1. The zero-order chi connectivity index (χ0) is 23.7. The van der Waals surface area contributed by atoms with Crippen molar-refractivity contribution >= 4 is 28.3 Å². The predicted molar refractivity (Wildman–Crippen MR) is 133 cm³/mol. The van der Waals surface area contributed by atoms with Gasteiger partial charge in [0.2, 0.25) is 0 Å². The molecule has 0 amide bonds. The molecule has 0 saturated carbocycles. The zero-order valence-corrected chi connectivity index (χ0v) is 20.8. The fourth-order valence-corrected chi connectivity index (χ4v) is 3.94. The summed E-state index contributed by atoms with van der Waals surface area (Å²) in [5.74, 6) is -0.244. The summed E-state index contributed by atoms with van der Waals surface area (Å²) in [6.45, 7) is 13.9. The highest BCUT2D eigenvalue weighted by Gasteiger charge is 2.30. The molecule has 0 radical (unpaired) electrons. The molecular weight excluding hydrogens is 420 g/mol. The molecule has 3 aromatic rings. The van der Waals surface area contributed by atoms with Gasteiger partial charge in [0, 0.05) is 5.02 Å². The van der Waals surface area contributed by atoms with Gasteiger partial charge in [0.25, 0.3) is 0 Å². The number of rotatable bonds is 5. The van der Waals surface area contributed by atoms with Gasteiger partial charge in [-0.15, -0.1) is 0 Å². The van der Waals surface area contributed by atoms with E-state index in [1.165, 1.54) is 0 Å². The van der Waals surface area contributed by atoms with E-state index in [-0.39, 0.29) is 12.6 Å². The molecule has 1 atom stereocenters. The maximum atomic E-state index is 12.6. The lowest BCUT2D eigenvalue weighted by atomic mass is 9.87. The monoisotopic (exact) mass is 452 g/mol. The van der Waals surface area contributed by atoms with Crippen molar-refractivity contribution in [3.8, 4) is 11.1 Å². The molecule has 0 bridgehead atoms. The van der Waals surface area contributed by atoms with Crippen molar-refractivity contribution < 1.29 is 14.3 Å². The van der Waals surface area contributed by atoms with Crippen LogP contribution in [0.5, 0.6) is 0 Å². The van der Waals surface area contributed by atoms with Gasteiger partial charge in [-0.25, -0.2) is 0 Å². The molecule has 170 valence electrons. The first-order valence-corrected chi connectivity index (χ1v) is 11.4. The molecular formula is C28H33ClO3. The maximum Gasteiger partial charge on any atom is 0.311 e. The molecule has 4 heteroatoms. The zero-order valence-electron chi connectivity index (χ0n) is 20.1. The molecule has 1 unspecified atom stereocenters. The van der Waals surface area contributed by atoms with Crippen molar-refractivity contribution in [1.82, 2.24) is 0 Å². The lowest BCUT2D eigenvalue weighted by molar-refractivity contribution is -0.162. The number of halogens is 1. The predicted octanol–water partition coefficient (Wildman–Crippen LogP) is 7.91. The third-order valence-corrected chi connectivity index (χ3v) is 5.48. The lowest BCUT2D eigenvalue weighted by Crippen LogP contribution is -2.30. The Morgan fingerprint density at radius 2 is 1.59 bits per heavy atom. The molecule has 0 aliphatic rings. The van der Waals surface area contributed by atoms with Gasteiger partial charge in [0.1, 0.15) is 12.7 Å². The second-order valence-corrected chi connectivity index (χ2v) is 10.7. The van der Waals surface area contributed by atoms with Crippen LogP contribution in [0.4, 0.5) is 0 Å². The number of ether oxygens (including phenoxy) is 2. The Bertz CT molecular complexity index is 1100. The third kappa shape index (κ3) is 5.70. The van der Waals surface area contributed by atoms with E-state index >= 15 is 0 Å². The first-order chi connectivity index (χ1) is 14.9. The van der Waals surface area contributed by atoms with Crippen molar-refractivity contribution in [2.75, 3.05) is 6.61 Å². The summed E-state index contributed by atoms with van der Waals surface area (Å²) in [4.78, 5) is 12.6. The summed E-state index contributed by atoms with van der Waals surface area (Å²) in [5.41, 5.74) is 3.25. The molecule has 0 spiro atoms. The Labute approximate surface area is 196 Å². The molecule has 0 aliphatic carbocycles. The highest BCUT2D eigenvalue weighted by Crippen LogP contribution is 2.41. The molecule has 3 aromatic carbocycles. The molecule has 0 aromatic heterocycles. The van der Waals surface area contributed by atoms with Gasteiger partial charge < -0.3 is 9.47 Å². The first kappa shape index (κ1) is 24.3. The quantitative estimate of drug-likeness (QED) is 0.369. The van der Waals surface area contributed by atoms with E-state index < -0.39 is 17.1 Å². The molecule has 0 heterocycles. The number of esters is 1. The number of carbonyl (C=O) groups excluding carboxylic acids is 1. The van der Waals surface area contributed by atoms with Crippen LogP contribution in [-0.2, 0) is 14.3 Å². The van der Waals surface area contributed by atoms with E-state index in [2.05, 4.69) is 25.1 Å². The van der Waals surface area contributed by atoms with Gasteiger partial charge in [-0.2, -0.15) is 0 Å². The van der Waals surface area contributed by atoms with Crippen LogP contribution < -0.4 is 0 Å². The molecule has 3 rings (SSSR count). The summed E-state index contributed by atoms with van der Waals surface area (Å²) in [6.07, 6.45) is -0.420. The van der Waals surface area contributed by atoms with Gasteiger partial charge in [-0.3, -0.25) is 4.79 Å². The van der Waals surface area contributed by atoms with E-state index in [0.717, 1.165) is 33.0 Å². The third-order valence-electron chi connectivity index (χ3n) is 5.23. The van der Waals surface area contributed by atoms with Crippen molar-refractivity contribution in [3.05, 3.63) is 70.7 Å². The minimum Gasteiger partial charge on any atom is -0.462 e. The van der Waals surface area contributed by atoms with Crippen LogP contribution in [0.2, 0.25) is 5.02 Å². The summed E-state index contributed by atoms with van der Waals surface area (Å²) in [6, 6.07) is 18.4. The second-order valence-electron chi connectivity index (χ2n) is 10.3. The summed E-state index contributed by atoms with van der Waals surface area (Å²) < 4.78 is 12.3. The SMILES string of the molecule is Cc1cc2ccccc2c(-c2ccc(Cl)cc2)c1C(COC(=O)C(C)(C)C)OC(C)(C)C. The van der Waals surface area contributed by atoms with E-state index in [0.29, 0.717) is 5.02 Å². The van der Waals surface area contributed by atoms with Crippen LogP contribution >= 0.6 is 11.6 Å². The topological polar surface area (TPSA) is 35.5 Å². The molecule has 0 aliphatic heterocycles. The van der Waals surface area contributed by atoms with Gasteiger partial charge in [0.15, 0.2) is 0 Å². The van der Waals surface area contributed by atoms with E-state index in [1.54, 1.807) is 0 Å². The van der Waals surface area contributed by atoms with Crippen LogP contribution in [0, 0.1) is 12.3 Å². The molecule has 32 heavy (non-hydrogen) atoms. The van der Waals surface area contributed by atoms with Crippen LogP contribution in [0.15, 0.2) is 54.6 Å². The summed E-state index contributed by atoms with van der Waals surface area (Å²) in [5, 5.41) is 2.97. The Hall–Kier alpha value is -2.36. The van der Waals surface area contributed by atoms with Crippen molar-refractivity contribution in [2.45, 2.75) is 60.2 Å². The second kappa shape index (κ2) is 9.25. The van der Waals surface area contributed by atoms with Gasteiger partial charge in [-0.1, -0.05) is 54.1 Å². The van der Waals surface area contributed by atoms with Gasteiger partial charge in [0.05, 0.1) is 11.0 Å². The fourth-order valence-electron chi connectivity index (χ4n) is 3.82. The van der Waals surface area contributed by atoms with E-state index in [9.17, 15) is 4.79 Å². The van der Waals surface area contributed by atoms with E-state index in [4.69, 9.17) is 21.1 Å². The smallest absolute Gasteiger partial charge is 0.311 e. The maximum absolute atomic E-state index is 12.6. The number of hydrogen-bond donors (Lipinski definition) is 0. The van der Waals surface area contributed by atoms with Crippen molar-refractivity contribution in [2.24, 2.45) is 5.41 Å². The average molecular weight is 453 g/mol. The lowest BCUT2D eigenvalue weighted by Gasteiger charge is -2.31. The molecule has 0 fully saturated rings. The first-order valence-electron chi connectivity index (χ1n) is 11.0. The standard InChI is InChI=1S/C28H33ClO3/c1-18-16-20-10-8-9-11-22(20)25(19-12-14-21(29)15-13-19)24(18)23(32-28(5,6)7)17-31-26(30)27(2,3)4/h8-16,23H,17H2,1-7H3. The molecule has 3 nitrogen and oxygen atoms in total.